The van der Waals surface area contributed by atoms with Crippen LogP contribution in [-0.4, -0.2) is 29.0 Å². The van der Waals surface area contributed by atoms with Crippen molar-refractivity contribution >= 4 is 5.96 Å². The number of benzene rings is 1. The molecule has 0 aliphatic heterocycles. The van der Waals surface area contributed by atoms with Crippen molar-refractivity contribution in [3.63, 3.8) is 0 Å². The van der Waals surface area contributed by atoms with E-state index in [2.05, 4.69) is 25.2 Å². The molecule has 0 radical (unpaired) electrons. The van der Waals surface area contributed by atoms with Crippen LogP contribution in [0.5, 0.6) is 5.75 Å². The molecule has 0 bridgehead atoms. The number of hydrogen-bond acceptors (Lipinski definition) is 5. The second-order valence-electron chi connectivity index (χ2n) is 6.12. The third-order valence-corrected chi connectivity index (χ3v) is 3.46. The zero-order valence-corrected chi connectivity index (χ0v) is 15.1. The van der Waals surface area contributed by atoms with Gasteiger partial charge in [0.2, 0.25) is 5.89 Å². The number of nitrogens with two attached hydrogens (primary N) is 1. The van der Waals surface area contributed by atoms with Gasteiger partial charge in [-0.3, -0.25) is 0 Å². The van der Waals surface area contributed by atoms with Gasteiger partial charge < -0.3 is 20.3 Å². The van der Waals surface area contributed by atoms with E-state index in [1.807, 2.05) is 13.8 Å². The van der Waals surface area contributed by atoms with Gasteiger partial charge in [0.05, 0.1) is 6.54 Å². The highest BCUT2D eigenvalue weighted by molar-refractivity contribution is 5.77. The largest absolute Gasteiger partial charge is 0.573 e. The molecule has 1 heterocycles. The van der Waals surface area contributed by atoms with Crippen LogP contribution >= 0.6 is 0 Å². The Morgan fingerprint density at radius 1 is 1.30 bits per heavy atom. The molecule has 0 atom stereocenters. The maximum Gasteiger partial charge on any atom is 0.573 e. The van der Waals surface area contributed by atoms with Gasteiger partial charge in [-0.05, 0) is 24.1 Å². The lowest BCUT2D eigenvalue weighted by Gasteiger charge is -2.09. The average Bonchev–Trinajstić information content (AvgIpc) is 3.06. The predicted molar refractivity (Wildman–Crippen MR) is 93.2 cm³/mol. The topological polar surface area (TPSA) is 98.6 Å². The third kappa shape index (κ3) is 7.55. The van der Waals surface area contributed by atoms with Crippen LogP contribution < -0.4 is 15.8 Å². The number of guanidine groups is 1. The first kappa shape index (κ1) is 20.5. The SMILES string of the molecule is CC(C)c1noc(CCCNC(N)=NCc2ccc(OC(F)(F)F)cc2)n1. The summed E-state index contributed by atoms with van der Waals surface area (Å²) in [4.78, 5) is 8.42. The van der Waals surface area contributed by atoms with Crippen molar-refractivity contribution in [3.05, 3.63) is 41.5 Å². The Hall–Kier alpha value is -2.78. The van der Waals surface area contributed by atoms with Crippen molar-refractivity contribution in [3.8, 4) is 5.75 Å². The Bertz CT molecular complexity index is 742. The van der Waals surface area contributed by atoms with Crippen molar-refractivity contribution in [1.82, 2.24) is 15.5 Å². The fourth-order valence-corrected chi connectivity index (χ4v) is 2.09. The van der Waals surface area contributed by atoms with E-state index < -0.39 is 6.36 Å². The molecule has 0 aliphatic rings. The Morgan fingerprint density at radius 3 is 2.59 bits per heavy atom. The molecule has 0 unspecified atom stereocenters. The summed E-state index contributed by atoms with van der Waals surface area (Å²) in [6.07, 6.45) is -3.34. The highest BCUT2D eigenvalue weighted by Gasteiger charge is 2.30. The van der Waals surface area contributed by atoms with E-state index >= 15 is 0 Å². The van der Waals surface area contributed by atoms with E-state index in [4.69, 9.17) is 10.3 Å². The molecule has 10 heteroatoms. The number of nitrogens with zero attached hydrogens (tertiary/aromatic N) is 3. The summed E-state index contributed by atoms with van der Waals surface area (Å²) in [5.74, 6) is 1.46. The summed E-state index contributed by atoms with van der Waals surface area (Å²) in [6, 6.07) is 5.47. The first-order chi connectivity index (χ1) is 12.7. The molecule has 2 aromatic rings. The normalized spacial score (nSPS) is 12.4. The molecule has 1 aromatic heterocycles. The van der Waals surface area contributed by atoms with Crippen molar-refractivity contribution < 1.29 is 22.4 Å². The minimum atomic E-state index is -4.70. The Balaban J connectivity index is 1.70. The van der Waals surface area contributed by atoms with Crippen LogP contribution in [-0.2, 0) is 13.0 Å². The lowest BCUT2D eigenvalue weighted by Crippen LogP contribution is -2.32. The molecule has 0 spiro atoms. The van der Waals surface area contributed by atoms with Crippen molar-refractivity contribution in [2.75, 3.05) is 6.54 Å². The quantitative estimate of drug-likeness (QED) is 0.412. The van der Waals surface area contributed by atoms with Crippen molar-refractivity contribution in [1.29, 1.82) is 0 Å². The van der Waals surface area contributed by atoms with Crippen molar-refractivity contribution in [2.24, 2.45) is 10.7 Å². The van der Waals surface area contributed by atoms with Gasteiger partial charge in [-0.2, -0.15) is 4.98 Å². The smallest absolute Gasteiger partial charge is 0.406 e. The number of aliphatic imine (C=N–C) groups is 1. The Morgan fingerprint density at radius 2 is 2.00 bits per heavy atom. The maximum absolute atomic E-state index is 12.1. The van der Waals surface area contributed by atoms with Gasteiger partial charge in [-0.15, -0.1) is 13.2 Å². The minimum absolute atomic E-state index is 0.220. The van der Waals surface area contributed by atoms with Crippen LogP contribution in [0.15, 0.2) is 33.8 Å². The van der Waals surface area contributed by atoms with Gasteiger partial charge in [0.1, 0.15) is 5.75 Å². The highest BCUT2D eigenvalue weighted by atomic mass is 19.4. The molecule has 27 heavy (non-hydrogen) atoms. The summed E-state index contributed by atoms with van der Waals surface area (Å²) >= 11 is 0. The summed E-state index contributed by atoms with van der Waals surface area (Å²) in [7, 11) is 0. The fourth-order valence-electron chi connectivity index (χ4n) is 2.09. The molecule has 2 rings (SSSR count). The van der Waals surface area contributed by atoms with Crippen LogP contribution in [0.3, 0.4) is 0 Å². The number of alkyl halides is 3. The number of aromatic nitrogens is 2. The molecule has 0 aliphatic carbocycles. The minimum Gasteiger partial charge on any atom is -0.406 e. The maximum atomic E-state index is 12.1. The van der Waals surface area contributed by atoms with Crippen LogP contribution in [0.1, 0.15) is 43.5 Å². The van der Waals surface area contributed by atoms with Gasteiger partial charge in [0.15, 0.2) is 11.8 Å². The van der Waals surface area contributed by atoms with E-state index in [0.29, 0.717) is 30.2 Å². The molecule has 3 N–H and O–H groups in total. The van der Waals surface area contributed by atoms with Crippen molar-refractivity contribution in [2.45, 2.75) is 45.5 Å². The molecule has 7 nitrogen and oxygen atoms in total. The van der Waals surface area contributed by atoms with Gasteiger partial charge in [0, 0.05) is 18.9 Å². The first-order valence-electron chi connectivity index (χ1n) is 8.44. The molecule has 1 aromatic carbocycles. The third-order valence-electron chi connectivity index (χ3n) is 3.46. The van der Waals surface area contributed by atoms with Gasteiger partial charge in [-0.1, -0.05) is 31.1 Å². The summed E-state index contributed by atoms with van der Waals surface area (Å²) in [6.45, 7) is 4.80. The second-order valence-corrected chi connectivity index (χ2v) is 6.12. The first-order valence-corrected chi connectivity index (χ1v) is 8.44. The van der Waals surface area contributed by atoms with Crippen LogP contribution in [0, 0.1) is 0 Å². The molecular formula is C17H22F3N5O2. The Labute approximate surface area is 154 Å². The number of ether oxygens (including phenoxy) is 1. The zero-order valence-electron chi connectivity index (χ0n) is 15.1. The standard InChI is InChI=1S/C17H22F3N5O2/c1-11(2)15-24-14(27-25-15)4-3-9-22-16(21)23-10-12-5-7-13(8-6-12)26-17(18,19)20/h5-8,11H,3-4,9-10H2,1-2H3,(H3,21,22,23). The van der Waals surface area contributed by atoms with E-state index in [1.54, 1.807) is 0 Å². The van der Waals surface area contributed by atoms with Gasteiger partial charge in [-0.25, -0.2) is 4.99 Å². The van der Waals surface area contributed by atoms with Gasteiger partial charge >= 0.3 is 6.36 Å². The summed E-state index contributed by atoms with van der Waals surface area (Å²) in [5.41, 5.74) is 6.48. The Kier molecular flexibility index (Phi) is 7.03. The molecule has 0 saturated heterocycles. The number of halogens is 3. The molecule has 0 saturated carbocycles. The lowest BCUT2D eigenvalue weighted by molar-refractivity contribution is -0.274. The van der Waals surface area contributed by atoms with Crippen LogP contribution in [0.4, 0.5) is 13.2 Å². The summed E-state index contributed by atoms with van der Waals surface area (Å²) in [5, 5.41) is 6.85. The monoisotopic (exact) mass is 385 g/mol. The van der Waals surface area contributed by atoms with E-state index in [9.17, 15) is 13.2 Å². The van der Waals surface area contributed by atoms with Crippen LogP contribution in [0.2, 0.25) is 0 Å². The second kappa shape index (κ2) is 9.24. The molecule has 0 amide bonds. The number of aryl methyl sites for hydroxylation is 1. The van der Waals surface area contributed by atoms with E-state index in [-0.39, 0.29) is 24.2 Å². The number of rotatable bonds is 8. The predicted octanol–water partition coefficient (Wildman–Crippen LogP) is 3.13. The fraction of sp³-hybridized carbons (Fsp3) is 0.471. The van der Waals surface area contributed by atoms with E-state index in [1.165, 1.54) is 24.3 Å². The van der Waals surface area contributed by atoms with Crippen LogP contribution in [0.25, 0.3) is 0 Å². The highest BCUT2D eigenvalue weighted by Crippen LogP contribution is 2.22. The lowest BCUT2D eigenvalue weighted by atomic mass is 10.2. The number of hydrogen-bond donors (Lipinski definition) is 2. The summed E-state index contributed by atoms with van der Waals surface area (Å²) < 4.78 is 45.3. The average molecular weight is 385 g/mol. The molecular weight excluding hydrogens is 363 g/mol. The molecule has 0 fully saturated rings. The molecule has 148 valence electrons. The van der Waals surface area contributed by atoms with E-state index in [0.717, 1.165) is 6.42 Å². The number of nitrogens with one attached hydrogen (secondary N) is 1. The zero-order chi connectivity index (χ0) is 19.9. The van der Waals surface area contributed by atoms with Gasteiger partial charge in [0.25, 0.3) is 0 Å².